The van der Waals surface area contributed by atoms with Gasteiger partial charge in [-0.15, -0.1) is 0 Å². The van der Waals surface area contributed by atoms with E-state index >= 15 is 0 Å². The van der Waals surface area contributed by atoms with Crippen molar-refractivity contribution < 1.29 is 0 Å². The minimum absolute atomic E-state index is 0.722. The van der Waals surface area contributed by atoms with Gasteiger partial charge in [0.15, 0.2) is 0 Å². The summed E-state index contributed by atoms with van der Waals surface area (Å²) in [5.74, 6) is 3.26. The lowest BCUT2D eigenvalue weighted by molar-refractivity contribution is 0.885. The van der Waals surface area contributed by atoms with Crippen LogP contribution in [0.4, 0.5) is 0 Å². The standard InChI is InChI=1S/C19H20N2/c1-12-16-10-9-15(11-17(12)16)19-18(20-13(2)21-19)14-7-5-3-4-6-8-14/h3,5-12,16-17H,4H2,1-2H3,(H,20,21). The first-order chi connectivity index (χ1) is 10.2. The molecule has 1 N–H and O–H groups in total. The van der Waals surface area contributed by atoms with Crippen molar-refractivity contribution in [2.24, 2.45) is 17.8 Å². The summed E-state index contributed by atoms with van der Waals surface area (Å²) in [6, 6.07) is 0. The largest absolute Gasteiger partial charge is 0.342 e. The van der Waals surface area contributed by atoms with Gasteiger partial charge in [-0.1, -0.05) is 55.5 Å². The highest BCUT2D eigenvalue weighted by molar-refractivity contribution is 5.85. The molecule has 0 amide bonds. The van der Waals surface area contributed by atoms with Crippen LogP contribution in [0, 0.1) is 24.7 Å². The van der Waals surface area contributed by atoms with Gasteiger partial charge in [0.05, 0.1) is 11.4 Å². The summed E-state index contributed by atoms with van der Waals surface area (Å²) in [5, 5.41) is 0. The van der Waals surface area contributed by atoms with Gasteiger partial charge in [0.25, 0.3) is 0 Å². The van der Waals surface area contributed by atoms with E-state index < -0.39 is 0 Å². The number of allylic oxidation sites excluding steroid dienone is 10. The fraction of sp³-hybridized carbons (Fsp3) is 0.316. The maximum absolute atomic E-state index is 4.73. The fourth-order valence-corrected chi connectivity index (χ4v) is 3.38. The summed E-state index contributed by atoms with van der Waals surface area (Å²) in [6.07, 6.45) is 18.8. The molecular formula is C19H20N2. The van der Waals surface area contributed by atoms with Gasteiger partial charge in [-0.25, -0.2) is 4.98 Å². The van der Waals surface area contributed by atoms with Crippen LogP contribution in [-0.2, 0) is 0 Å². The molecule has 3 atom stereocenters. The number of hydrogen-bond donors (Lipinski definition) is 1. The average Bonchev–Trinajstić information content (AvgIpc) is 3.09. The zero-order chi connectivity index (χ0) is 14.4. The molecule has 1 saturated carbocycles. The van der Waals surface area contributed by atoms with Crippen molar-refractivity contribution in [1.29, 1.82) is 0 Å². The molecule has 0 radical (unpaired) electrons. The van der Waals surface area contributed by atoms with E-state index in [1.54, 1.807) is 0 Å². The van der Waals surface area contributed by atoms with Gasteiger partial charge < -0.3 is 4.98 Å². The average molecular weight is 276 g/mol. The second kappa shape index (κ2) is 4.73. The van der Waals surface area contributed by atoms with Crippen molar-refractivity contribution in [2.75, 3.05) is 0 Å². The minimum Gasteiger partial charge on any atom is -0.342 e. The Balaban J connectivity index is 1.77. The van der Waals surface area contributed by atoms with E-state index in [2.05, 4.69) is 60.5 Å². The van der Waals surface area contributed by atoms with Crippen molar-refractivity contribution in [3.63, 3.8) is 0 Å². The highest BCUT2D eigenvalue weighted by Gasteiger charge is 2.44. The summed E-state index contributed by atoms with van der Waals surface area (Å²) in [5.41, 5.74) is 4.70. The van der Waals surface area contributed by atoms with Gasteiger partial charge >= 0.3 is 0 Å². The molecule has 0 aliphatic heterocycles. The van der Waals surface area contributed by atoms with Crippen LogP contribution in [0.5, 0.6) is 0 Å². The van der Waals surface area contributed by atoms with E-state index in [1.807, 2.05) is 6.92 Å². The molecule has 4 rings (SSSR count). The maximum Gasteiger partial charge on any atom is 0.104 e. The number of imidazole rings is 1. The van der Waals surface area contributed by atoms with Crippen molar-refractivity contribution in [3.05, 3.63) is 65.8 Å². The van der Waals surface area contributed by atoms with E-state index in [0.717, 1.165) is 41.4 Å². The highest BCUT2D eigenvalue weighted by atomic mass is 14.9. The molecular weight excluding hydrogens is 256 g/mol. The van der Waals surface area contributed by atoms with E-state index in [9.17, 15) is 0 Å². The van der Waals surface area contributed by atoms with E-state index in [1.165, 1.54) is 11.1 Å². The Kier molecular flexibility index (Phi) is 2.85. The third kappa shape index (κ3) is 2.15. The first-order valence-corrected chi connectivity index (χ1v) is 7.75. The summed E-state index contributed by atoms with van der Waals surface area (Å²) in [7, 11) is 0. The number of H-pyrrole nitrogens is 1. The maximum atomic E-state index is 4.73. The van der Waals surface area contributed by atoms with Gasteiger partial charge in [0.1, 0.15) is 5.82 Å². The van der Waals surface area contributed by atoms with E-state index in [0.29, 0.717) is 0 Å². The molecule has 0 bridgehead atoms. The van der Waals surface area contributed by atoms with E-state index in [-0.39, 0.29) is 0 Å². The smallest absolute Gasteiger partial charge is 0.104 e. The predicted octanol–water partition coefficient (Wildman–Crippen LogP) is 4.45. The van der Waals surface area contributed by atoms with Crippen molar-refractivity contribution >= 4 is 11.1 Å². The number of aromatic nitrogens is 2. The highest BCUT2D eigenvalue weighted by Crippen LogP contribution is 2.52. The Labute approximate surface area is 125 Å². The van der Waals surface area contributed by atoms with Crippen LogP contribution in [0.25, 0.3) is 11.1 Å². The molecule has 2 heteroatoms. The van der Waals surface area contributed by atoms with Gasteiger partial charge in [-0.3, -0.25) is 0 Å². The summed E-state index contributed by atoms with van der Waals surface area (Å²) < 4.78 is 0. The number of aromatic amines is 1. The second-order valence-electron chi connectivity index (χ2n) is 6.23. The van der Waals surface area contributed by atoms with Crippen molar-refractivity contribution in [1.82, 2.24) is 9.97 Å². The first kappa shape index (κ1) is 12.6. The fourth-order valence-electron chi connectivity index (χ4n) is 3.38. The Morgan fingerprint density at radius 3 is 2.90 bits per heavy atom. The van der Waals surface area contributed by atoms with Crippen molar-refractivity contribution in [2.45, 2.75) is 20.3 Å². The van der Waals surface area contributed by atoms with Gasteiger partial charge in [0.2, 0.25) is 0 Å². The molecule has 0 saturated heterocycles. The van der Waals surface area contributed by atoms with Crippen LogP contribution in [-0.4, -0.2) is 9.97 Å². The van der Waals surface area contributed by atoms with Crippen LogP contribution < -0.4 is 0 Å². The zero-order valence-corrected chi connectivity index (χ0v) is 12.5. The SMILES string of the molecule is Cc1nc(C2=CC=CCC=C2)c(C2=CC3C(C)C3C=C2)[nH]1. The number of nitrogens with one attached hydrogen (secondary N) is 1. The summed E-state index contributed by atoms with van der Waals surface area (Å²) in [4.78, 5) is 8.18. The molecule has 3 aliphatic carbocycles. The molecule has 3 aliphatic rings. The van der Waals surface area contributed by atoms with E-state index in [4.69, 9.17) is 4.98 Å². The molecule has 1 heterocycles. The molecule has 2 nitrogen and oxygen atoms in total. The van der Waals surface area contributed by atoms with Crippen LogP contribution >= 0.6 is 0 Å². The number of rotatable bonds is 2. The number of nitrogens with zero attached hydrogens (tertiary/aromatic N) is 1. The van der Waals surface area contributed by atoms with Gasteiger partial charge in [-0.05, 0) is 36.7 Å². The molecule has 106 valence electrons. The lowest BCUT2D eigenvalue weighted by Gasteiger charge is -2.07. The number of aryl methyl sites for hydroxylation is 1. The lowest BCUT2D eigenvalue weighted by atomic mass is 10.00. The minimum atomic E-state index is 0.722. The van der Waals surface area contributed by atoms with Crippen molar-refractivity contribution in [3.8, 4) is 0 Å². The Bertz CT molecular complexity index is 725. The van der Waals surface area contributed by atoms with Gasteiger partial charge in [0, 0.05) is 5.57 Å². The van der Waals surface area contributed by atoms with Crippen LogP contribution in [0.1, 0.15) is 30.6 Å². The summed E-state index contributed by atoms with van der Waals surface area (Å²) in [6.45, 7) is 4.36. The molecule has 1 aromatic heterocycles. The molecule has 21 heavy (non-hydrogen) atoms. The quantitative estimate of drug-likeness (QED) is 0.849. The van der Waals surface area contributed by atoms with Crippen LogP contribution in [0.2, 0.25) is 0 Å². The third-order valence-corrected chi connectivity index (χ3v) is 4.75. The molecule has 1 fully saturated rings. The number of hydrogen-bond acceptors (Lipinski definition) is 1. The third-order valence-electron chi connectivity index (χ3n) is 4.75. The molecule has 0 aromatic carbocycles. The molecule has 0 spiro atoms. The Morgan fingerprint density at radius 1 is 1.14 bits per heavy atom. The monoisotopic (exact) mass is 276 g/mol. The first-order valence-electron chi connectivity index (χ1n) is 7.75. The Hall–Kier alpha value is -2.09. The summed E-state index contributed by atoms with van der Waals surface area (Å²) >= 11 is 0. The second-order valence-corrected chi connectivity index (χ2v) is 6.23. The Morgan fingerprint density at radius 2 is 2.05 bits per heavy atom. The number of fused-ring (bicyclic) bond motifs is 1. The van der Waals surface area contributed by atoms with Crippen LogP contribution in [0.15, 0.2) is 48.6 Å². The van der Waals surface area contributed by atoms with Gasteiger partial charge in [-0.2, -0.15) is 0 Å². The zero-order valence-electron chi connectivity index (χ0n) is 12.5. The lowest BCUT2D eigenvalue weighted by Crippen LogP contribution is -1.93. The normalized spacial score (nSPS) is 29.7. The van der Waals surface area contributed by atoms with Crippen LogP contribution in [0.3, 0.4) is 0 Å². The molecule has 3 unspecified atom stereocenters. The predicted molar refractivity (Wildman–Crippen MR) is 87.5 cm³/mol. The topological polar surface area (TPSA) is 28.7 Å². The molecule has 1 aromatic rings.